The summed E-state index contributed by atoms with van der Waals surface area (Å²) in [5.74, 6) is -1.30. The summed E-state index contributed by atoms with van der Waals surface area (Å²) >= 11 is 5.43. The molecule has 0 aliphatic heterocycles. The van der Waals surface area contributed by atoms with Crippen LogP contribution in [-0.2, 0) is 14.8 Å². The first kappa shape index (κ1) is 10.8. The summed E-state index contributed by atoms with van der Waals surface area (Å²) < 4.78 is 34.3. The molecule has 0 aliphatic carbocycles. The highest BCUT2D eigenvalue weighted by Crippen LogP contribution is 2.20. The van der Waals surface area contributed by atoms with Crippen molar-refractivity contribution >= 4 is 31.3 Å². The van der Waals surface area contributed by atoms with E-state index >= 15 is 0 Å². The largest absolute Gasteiger partial charge is 0.236 e. The lowest BCUT2D eigenvalue weighted by atomic mass is 10.2. The van der Waals surface area contributed by atoms with E-state index in [0.717, 1.165) is 0 Å². The van der Waals surface area contributed by atoms with Gasteiger partial charge >= 0.3 is 0 Å². The molecule has 0 radical (unpaired) electrons. The molecule has 0 aliphatic rings. The molecule has 2 nitrogen and oxygen atoms in total. The topological polar surface area (TPSA) is 34.1 Å². The molecule has 72 valence electrons. The predicted octanol–water partition coefficient (Wildman–Crippen LogP) is 2.55. The third kappa shape index (κ3) is 3.14. The second-order valence-electron chi connectivity index (χ2n) is 2.40. The third-order valence-electron chi connectivity index (χ3n) is 1.36. The number of rotatable bonds is 2. The molecule has 0 saturated carbocycles. The van der Waals surface area contributed by atoms with Gasteiger partial charge in [-0.05, 0) is 6.07 Å². The van der Waals surface area contributed by atoms with Crippen LogP contribution in [0.3, 0.4) is 0 Å². The van der Waals surface area contributed by atoms with Gasteiger partial charge in [0.05, 0.1) is 10.8 Å². The minimum Gasteiger partial charge on any atom is -0.212 e. The van der Waals surface area contributed by atoms with Crippen LogP contribution < -0.4 is 0 Å². The van der Waals surface area contributed by atoms with Gasteiger partial charge in [-0.3, -0.25) is 0 Å². The molecule has 0 atom stereocenters. The molecule has 0 unspecified atom stereocenters. The van der Waals surface area contributed by atoms with Crippen molar-refractivity contribution in [3.05, 3.63) is 34.6 Å². The van der Waals surface area contributed by atoms with E-state index in [4.69, 9.17) is 22.3 Å². The number of hydrogen-bond donors (Lipinski definition) is 0. The normalized spacial score (nSPS) is 11.6. The van der Waals surface area contributed by atoms with Crippen molar-refractivity contribution in [2.24, 2.45) is 0 Å². The minimum absolute atomic E-state index is 0.0255. The molecule has 0 amide bonds. The molecule has 0 N–H and O–H groups in total. The smallest absolute Gasteiger partial charge is 0.212 e. The van der Waals surface area contributed by atoms with E-state index in [-0.39, 0.29) is 10.6 Å². The first-order chi connectivity index (χ1) is 5.90. The molecule has 0 spiro atoms. The van der Waals surface area contributed by atoms with Crippen LogP contribution in [0.1, 0.15) is 5.56 Å². The van der Waals surface area contributed by atoms with Gasteiger partial charge < -0.3 is 0 Å². The van der Waals surface area contributed by atoms with Gasteiger partial charge in [-0.1, -0.05) is 23.7 Å². The van der Waals surface area contributed by atoms with Gasteiger partial charge in [0, 0.05) is 16.2 Å². The highest BCUT2D eigenvalue weighted by Gasteiger charge is 2.12. The fourth-order valence-electron chi connectivity index (χ4n) is 0.846. The van der Waals surface area contributed by atoms with Crippen LogP contribution in [0.5, 0.6) is 0 Å². The summed E-state index contributed by atoms with van der Waals surface area (Å²) in [7, 11) is 1.21. The Hall–Kier alpha value is -0.320. The molecule has 13 heavy (non-hydrogen) atoms. The molecular weight excluding hydrogens is 238 g/mol. The molecule has 1 aromatic rings. The average molecular weight is 243 g/mol. The van der Waals surface area contributed by atoms with Crippen LogP contribution in [0.15, 0.2) is 18.2 Å². The van der Waals surface area contributed by atoms with Crippen molar-refractivity contribution in [3.8, 4) is 0 Å². The zero-order chi connectivity index (χ0) is 10.1. The summed E-state index contributed by atoms with van der Waals surface area (Å²) in [5.41, 5.74) is -0.0255. The maximum absolute atomic E-state index is 13.1. The highest BCUT2D eigenvalue weighted by molar-refractivity contribution is 8.13. The summed E-state index contributed by atoms with van der Waals surface area (Å²) in [4.78, 5) is 0. The Morgan fingerprint density at radius 1 is 1.38 bits per heavy atom. The average Bonchev–Trinajstić information content (AvgIpc) is 1.96. The SMILES string of the molecule is O=S(=O)(Cl)Cc1cccc(Cl)c1F. The monoisotopic (exact) mass is 242 g/mol. The molecule has 6 heteroatoms. The maximum atomic E-state index is 13.1. The van der Waals surface area contributed by atoms with Gasteiger partial charge in [0.1, 0.15) is 5.82 Å². The van der Waals surface area contributed by atoms with Crippen LogP contribution in [-0.4, -0.2) is 8.42 Å². The lowest BCUT2D eigenvalue weighted by Crippen LogP contribution is -1.98. The van der Waals surface area contributed by atoms with E-state index < -0.39 is 20.6 Å². The van der Waals surface area contributed by atoms with Crippen molar-refractivity contribution in [2.75, 3.05) is 0 Å². The summed E-state index contributed by atoms with van der Waals surface area (Å²) in [6.45, 7) is 0. The Kier molecular flexibility index (Phi) is 3.16. The van der Waals surface area contributed by atoms with Gasteiger partial charge in [-0.25, -0.2) is 12.8 Å². The van der Waals surface area contributed by atoms with E-state index in [2.05, 4.69) is 0 Å². The second kappa shape index (κ2) is 3.82. The minimum atomic E-state index is -3.74. The van der Waals surface area contributed by atoms with Crippen molar-refractivity contribution < 1.29 is 12.8 Å². The van der Waals surface area contributed by atoms with Crippen LogP contribution in [0.25, 0.3) is 0 Å². The van der Waals surface area contributed by atoms with Gasteiger partial charge in [0.15, 0.2) is 0 Å². The Morgan fingerprint density at radius 3 is 2.54 bits per heavy atom. The summed E-state index contributed by atoms with van der Waals surface area (Å²) in [6, 6.07) is 4.12. The third-order valence-corrected chi connectivity index (χ3v) is 2.63. The highest BCUT2D eigenvalue weighted by atomic mass is 35.7. The van der Waals surface area contributed by atoms with Gasteiger partial charge in [-0.15, -0.1) is 0 Å². The summed E-state index contributed by atoms with van der Waals surface area (Å²) in [5, 5.41) is -0.113. The predicted molar refractivity (Wildman–Crippen MR) is 49.9 cm³/mol. The standard InChI is InChI=1S/C7H5Cl2FO2S/c8-6-3-1-2-5(7(6)10)4-13(9,11)12/h1-3H,4H2. The van der Waals surface area contributed by atoms with Crippen molar-refractivity contribution in [1.82, 2.24) is 0 Å². The lowest BCUT2D eigenvalue weighted by Gasteiger charge is -2.00. The molecular formula is C7H5Cl2FO2S. The van der Waals surface area contributed by atoms with Crippen LogP contribution in [0.4, 0.5) is 4.39 Å². The van der Waals surface area contributed by atoms with E-state index in [1.54, 1.807) is 0 Å². The van der Waals surface area contributed by atoms with Crippen molar-refractivity contribution in [2.45, 2.75) is 5.75 Å². The van der Waals surface area contributed by atoms with E-state index in [1.807, 2.05) is 0 Å². The Morgan fingerprint density at radius 2 is 2.00 bits per heavy atom. The molecule has 0 heterocycles. The quantitative estimate of drug-likeness (QED) is 0.748. The molecule has 0 aromatic heterocycles. The summed E-state index contributed by atoms with van der Waals surface area (Å²) in [6.07, 6.45) is 0. The van der Waals surface area contributed by atoms with E-state index in [1.165, 1.54) is 18.2 Å². The molecule has 1 rings (SSSR count). The molecule has 1 aromatic carbocycles. The van der Waals surface area contributed by atoms with Crippen LogP contribution >= 0.6 is 22.3 Å². The maximum Gasteiger partial charge on any atom is 0.236 e. The fourth-order valence-corrected chi connectivity index (χ4v) is 1.99. The Labute approximate surface area is 84.7 Å². The zero-order valence-corrected chi connectivity index (χ0v) is 8.63. The Bertz CT molecular complexity index is 417. The van der Waals surface area contributed by atoms with E-state index in [9.17, 15) is 12.8 Å². The van der Waals surface area contributed by atoms with Crippen molar-refractivity contribution in [3.63, 3.8) is 0 Å². The first-order valence-electron chi connectivity index (χ1n) is 3.25. The number of benzene rings is 1. The van der Waals surface area contributed by atoms with Crippen molar-refractivity contribution in [1.29, 1.82) is 0 Å². The number of halogens is 3. The Balaban J connectivity index is 3.10. The lowest BCUT2D eigenvalue weighted by molar-refractivity contribution is 0.597. The van der Waals surface area contributed by atoms with Crippen LogP contribution in [0, 0.1) is 5.82 Å². The fraction of sp³-hybridized carbons (Fsp3) is 0.143. The van der Waals surface area contributed by atoms with E-state index in [0.29, 0.717) is 0 Å². The molecule has 0 bridgehead atoms. The van der Waals surface area contributed by atoms with Crippen LogP contribution in [0.2, 0.25) is 5.02 Å². The molecule has 0 fully saturated rings. The van der Waals surface area contributed by atoms with Gasteiger partial charge in [0.2, 0.25) is 9.05 Å². The molecule has 0 saturated heterocycles. The first-order valence-corrected chi connectivity index (χ1v) is 6.11. The van der Waals surface area contributed by atoms with Gasteiger partial charge in [0.25, 0.3) is 0 Å². The van der Waals surface area contributed by atoms with Gasteiger partial charge in [-0.2, -0.15) is 0 Å². The number of hydrogen-bond acceptors (Lipinski definition) is 2. The second-order valence-corrected chi connectivity index (χ2v) is 5.58. The zero-order valence-electron chi connectivity index (χ0n) is 6.30.